The number of nitrogens with zero attached hydrogens (tertiary/aromatic N) is 3. The predicted molar refractivity (Wildman–Crippen MR) is 107 cm³/mol. The van der Waals surface area contributed by atoms with E-state index >= 15 is 0 Å². The number of hydrogen-bond acceptors (Lipinski definition) is 5. The minimum absolute atomic E-state index is 0.0619. The van der Waals surface area contributed by atoms with Gasteiger partial charge in [0.25, 0.3) is 0 Å². The van der Waals surface area contributed by atoms with Gasteiger partial charge in [-0.15, -0.1) is 0 Å². The Morgan fingerprint density at radius 1 is 1.21 bits per heavy atom. The molecule has 7 nitrogen and oxygen atoms in total. The molecule has 1 aromatic carbocycles. The minimum atomic E-state index is -0.310. The number of urea groups is 1. The van der Waals surface area contributed by atoms with Gasteiger partial charge in [0.15, 0.2) is 0 Å². The largest absolute Gasteiger partial charge is 0.378 e. The smallest absolute Gasteiger partial charge is 0.319 e. The van der Waals surface area contributed by atoms with Crippen molar-refractivity contribution >= 4 is 17.5 Å². The van der Waals surface area contributed by atoms with Gasteiger partial charge < -0.3 is 25.2 Å². The van der Waals surface area contributed by atoms with Crippen LogP contribution in [0.2, 0.25) is 0 Å². The van der Waals surface area contributed by atoms with Crippen LogP contribution < -0.4 is 15.5 Å². The first kappa shape index (κ1) is 20.0. The summed E-state index contributed by atoms with van der Waals surface area (Å²) in [7, 11) is 3.84. The Morgan fingerprint density at radius 3 is 2.54 bits per heavy atom. The number of halogens is 1. The maximum Gasteiger partial charge on any atom is 0.319 e. The highest BCUT2D eigenvalue weighted by atomic mass is 19.1. The molecule has 2 amide bonds. The third kappa shape index (κ3) is 5.40. The first-order valence-electron chi connectivity index (χ1n) is 9.28. The number of ether oxygens (including phenoxy) is 1. The highest BCUT2D eigenvalue weighted by molar-refractivity contribution is 5.89. The van der Waals surface area contributed by atoms with Crippen molar-refractivity contribution in [3.8, 4) is 0 Å². The molecular formula is C20H26FN5O2. The number of pyridine rings is 1. The molecule has 0 aliphatic carbocycles. The number of anilines is 2. The van der Waals surface area contributed by atoms with E-state index in [1.807, 2.05) is 31.1 Å². The van der Waals surface area contributed by atoms with Crippen LogP contribution in [0.3, 0.4) is 0 Å². The number of benzene rings is 1. The fourth-order valence-corrected chi connectivity index (χ4v) is 3.09. The lowest BCUT2D eigenvalue weighted by Crippen LogP contribution is -2.37. The van der Waals surface area contributed by atoms with Crippen LogP contribution >= 0.6 is 0 Å². The summed E-state index contributed by atoms with van der Waals surface area (Å²) in [4.78, 5) is 20.8. The predicted octanol–water partition coefficient (Wildman–Crippen LogP) is 2.48. The number of likely N-dealkylation sites (N-methyl/N-ethyl adjacent to an activating group) is 1. The highest BCUT2D eigenvalue weighted by Crippen LogP contribution is 2.18. The van der Waals surface area contributed by atoms with Gasteiger partial charge in [-0.3, -0.25) is 0 Å². The van der Waals surface area contributed by atoms with Crippen LogP contribution in [0.4, 0.5) is 20.7 Å². The highest BCUT2D eigenvalue weighted by Gasteiger charge is 2.16. The van der Waals surface area contributed by atoms with Crippen LogP contribution in [0, 0.1) is 5.82 Å². The molecule has 28 heavy (non-hydrogen) atoms. The zero-order chi connectivity index (χ0) is 19.9. The molecule has 8 heteroatoms. The van der Waals surface area contributed by atoms with E-state index in [1.165, 1.54) is 12.1 Å². The normalized spacial score (nSPS) is 15.4. The average molecular weight is 387 g/mol. The lowest BCUT2D eigenvalue weighted by atomic mass is 10.1. The Balaban J connectivity index is 1.53. The second-order valence-electron chi connectivity index (χ2n) is 6.87. The first-order chi connectivity index (χ1) is 13.5. The quantitative estimate of drug-likeness (QED) is 0.797. The lowest BCUT2D eigenvalue weighted by molar-refractivity contribution is 0.122. The molecule has 0 saturated carbocycles. The van der Waals surface area contributed by atoms with Crippen molar-refractivity contribution < 1.29 is 13.9 Å². The van der Waals surface area contributed by atoms with Gasteiger partial charge in [-0.2, -0.15) is 0 Å². The van der Waals surface area contributed by atoms with Crippen LogP contribution in [0.1, 0.15) is 11.6 Å². The van der Waals surface area contributed by atoms with E-state index < -0.39 is 0 Å². The molecule has 2 N–H and O–H groups in total. The third-order valence-electron chi connectivity index (χ3n) is 4.67. The summed E-state index contributed by atoms with van der Waals surface area (Å²) in [5.41, 5.74) is 1.56. The lowest BCUT2D eigenvalue weighted by Gasteiger charge is -2.27. The summed E-state index contributed by atoms with van der Waals surface area (Å²) in [6.07, 6.45) is 1.65. The van der Waals surface area contributed by atoms with E-state index in [0.717, 1.165) is 24.5 Å². The van der Waals surface area contributed by atoms with Gasteiger partial charge in [0.05, 0.1) is 31.1 Å². The van der Waals surface area contributed by atoms with E-state index in [0.29, 0.717) is 25.4 Å². The molecular weight excluding hydrogens is 361 g/mol. The molecule has 1 aliphatic rings. The summed E-state index contributed by atoms with van der Waals surface area (Å²) >= 11 is 0. The Labute approximate surface area is 164 Å². The molecule has 3 rings (SSSR count). The summed E-state index contributed by atoms with van der Waals surface area (Å²) < 4.78 is 18.5. The molecule has 1 atom stereocenters. The SMILES string of the molecule is CN(C)C(CNC(=O)Nc1ccc(N2CCOCC2)nc1)c1ccc(F)cc1. The van der Waals surface area contributed by atoms with Crippen LogP contribution in [0.5, 0.6) is 0 Å². The monoisotopic (exact) mass is 387 g/mol. The van der Waals surface area contributed by atoms with Crippen molar-refractivity contribution in [3.63, 3.8) is 0 Å². The van der Waals surface area contributed by atoms with Crippen molar-refractivity contribution in [3.05, 3.63) is 54.0 Å². The first-order valence-corrected chi connectivity index (χ1v) is 9.28. The number of amides is 2. The topological polar surface area (TPSA) is 69.7 Å². The number of rotatable bonds is 6. The Bertz CT molecular complexity index is 761. The minimum Gasteiger partial charge on any atom is -0.378 e. The van der Waals surface area contributed by atoms with Crippen molar-refractivity contribution in [2.24, 2.45) is 0 Å². The molecule has 0 radical (unpaired) electrons. The maximum absolute atomic E-state index is 13.1. The van der Waals surface area contributed by atoms with Gasteiger partial charge >= 0.3 is 6.03 Å². The number of hydrogen-bond donors (Lipinski definition) is 2. The average Bonchev–Trinajstić information content (AvgIpc) is 2.70. The maximum atomic E-state index is 13.1. The molecule has 1 unspecified atom stereocenters. The van der Waals surface area contributed by atoms with Crippen molar-refractivity contribution in [2.45, 2.75) is 6.04 Å². The number of carbonyl (C=O) groups excluding carboxylic acids is 1. The molecule has 2 aromatic rings. The van der Waals surface area contributed by atoms with Gasteiger partial charge in [0.2, 0.25) is 0 Å². The fourth-order valence-electron chi connectivity index (χ4n) is 3.09. The second kappa shape index (κ2) is 9.48. The molecule has 0 bridgehead atoms. The third-order valence-corrected chi connectivity index (χ3v) is 4.67. The number of morpholine rings is 1. The molecule has 1 aromatic heterocycles. The summed E-state index contributed by atoms with van der Waals surface area (Å²) in [5, 5.41) is 5.66. The summed E-state index contributed by atoms with van der Waals surface area (Å²) in [6, 6.07) is 9.66. The molecule has 1 saturated heterocycles. The molecule has 1 fully saturated rings. The number of carbonyl (C=O) groups is 1. The summed E-state index contributed by atoms with van der Waals surface area (Å²) in [6.45, 7) is 3.42. The molecule has 0 spiro atoms. The Hall–Kier alpha value is -2.71. The van der Waals surface area contributed by atoms with Crippen molar-refractivity contribution in [2.75, 3.05) is 57.2 Å². The van der Waals surface area contributed by atoms with E-state index in [4.69, 9.17) is 4.74 Å². The van der Waals surface area contributed by atoms with E-state index in [-0.39, 0.29) is 17.9 Å². The van der Waals surface area contributed by atoms with Crippen LogP contribution in [-0.2, 0) is 4.74 Å². The van der Waals surface area contributed by atoms with E-state index in [2.05, 4.69) is 20.5 Å². The van der Waals surface area contributed by atoms with Crippen molar-refractivity contribution in [1.29, 1.82) is 0 Å². The summed E-state index contributed by atoms with van der Waals surface area (Å²) in [5.74, 6) is 0.596. The van der Waals surface area contributed by atoms with Crippen LogP contribution in [0.25, 0.3) is 0 Å². The number of nitrogens with one attached hydrogen (secondary N) is 2. The van der Waals surface area contributed by atoms with Crippen LogP contribution in [0.15, 0.2) is 42.6 Å². The molecule has 150 valence electrons. The Kier molecular flexibility index (Phi) is 6.78. The Morgan fingerprint density at radius 2 is 1.93 bits per heavy atom. The second-order valence-corrected chi connectivity index (χ2v) is 6.87. The number of aromatic nitrogens is 1. The standard InChI is InChI=1S/C20H26FN5O2/c1-25(2)18(15-3-5-16(21)6-4-15)14-23-20(27)24-17-7-8-19(22-13-17)26-9-11-28-12-10-26/h3-8,13,18H,9-12,14H2,1-2H3,(H2,23,24,27). The van der Waals surface area contributed by atoms with Gasteiger partial charge in [0, 0.05) is 19.6 Å². The van der Waals surface area contributed by atoms with Crippen LogP contribution in [-0.4, -0.2) is 62.9 Å². The van der Waals surface area contributed by atoms with Gasteiger partial charge in [-0.1, -0.05) is 12.1 Å². The molecule has 1 aliphatic heterocycles. The van der Waals surface area contributed by atoms with E-state index in [9.17, 15) is 9.18 Å². The molecule has 2 heterocycles. The van der Waals surface area contributed by atoms with Gasteiger partial charge in [-0.25, -0.2) is 14.2 Å². The zero-order valence-electron chi connectivity index (χ0n) is 16.2. The zero-order valence-corrected chi connectivity index (χ0v) is 16.2. The fraction of sp³-hybridized carbons (Fsp3) is 0.400. The van der Waals surface area contributed by atoms with Gasteiger partial charge in [-0.05, 0) is 43.9 Å². The van der Waals surface area contributed by atoms with E-state index in [1.54, 1.807) is 18.3 Å². The van der Waals surface area contributed by atoms with Gasteiger partial charge in [0.1, 0.15) is 11.6 Å². The van der Waals surface area contributed by atoms with Crippen molar-refractivity contribution in [1.82, 2.24) is 15.2 Å².